The van der Waals surface area contributed by atoms with Gasteiger partial charge >= 0.3 is 6.36 Å². The Labute approximate surface area is 160 Å². The first-order chi connectivity index (χ1) is 13.6. The topological polar surface area (TPSA) is 113 Å². The van der Waals surface area contributed by atoms with Crippen molar-refractivity contribution in [3.8, 4) is 22.6 Å². The molecular weight excluding hydrogens is 396 g/mol. The third-order valence-corrected chi connectivity index (χ3v) is 3.81. The van der Waals surface area contributed by atoms with Gasteiger partial charge in [-0.05, 0) is 24.3 Å². The Bertz CT molecular complexity index is 1110. The van der Waals surface area contributed by atoms with Crippen molar-refractivity contribution in [2.24, 2.45) is 11.5 Å². The highest BCUT2D eigenvalue weighted by Crippen LogP contribution is 2.36. The molecule has 1 heterocycles. The average Bonchev–Trinajstić information content (AvgIpc) is 3.07. The molecule has 11 heteroatoms. The Balaban J connectivity index is 2.17. The minimum absolute atomic E-state index is 0.0597. The summed E-state index contributed by atoms with van der Waals surface area (Å²) in [4.78, 5) is 23.0. The molecule has 3 rings (SSSR count). The maximum absolute atomic E-state index is 14.4. The predicted octanol–water partition coefficient (Wildman–Crippen LogP) is 2.77. The second-order valence-electron chi connectivity index (χ2n) is 5.76. The first-order valence-corrected chi connectivity index (χ1v) is 7.91. The van der Waals surface area contributed by atoms with Crippen molar-refractivity contribution in [2.45, 2.75) is 6.36 Å². The van der Waals surface area contributed by atoms with Gasteiger partial charge in [-0.3, -0.25) is 9.59 Å². The summed E-state index contributed by atoms with van der Waals surface area (Å²) in [6, 6.07) is 9.32. The third kappa shape index (κ3) is 4.18. The zero-order chi connectivity index (χ0) is 21.3. The van der Waals surface area contributed by atoms with Gasteiger partial charge in [-0.25, -0.2) is 9.07 Å². The van der Waals surface area contributed by atoms with E-state index >= 15 is 0 Å². The van der Waals surface area contributed by atoms with Crippen molar-refractivity contribution in [2.75, 3.05) is 0 Å². The summed E-state index contributed by atoms with van der Waals surface area (Å²) in [6.07, 6.45) is -4.98. The number of alkyl halides is 3. The number of nitrogens with zero attached hydrogens (tertiary/aromatic N) is 2. The molecule has 0 radical (unpaired) electrons. The Kier molecular flexibility index (Phi) is 4.97. The van der Waals surface area contributed by atoms with Crippen molar-refractivity contribution in [1.29, 1.82) is 0 Å². The summed E-state index contributed by atoms with van der Waals surface area (Å²) in [6.45, 7) is 0. The lowest BCUT2D eigenvalue weighted by molar-refractivity contribution is -0.274. The molecule has 0 aliphatic rings. The Hall–Kier alpha value is -3.89. The summed E-state index contributed by atoms with van der Waals surface area (Å²) in [5, 5.41) is 3.86. The smallest absolute Gasteiger partial charge is 0.405 e. The second kappa shape index (κ2) is 7.26. The van der Waals surface area contributed by atoms with Crippen LogP contribution in [-0.4, -0.2) is 28.0 Å². The van der Waals surface area contributed by atoms with Crippen LogP contribution in [-0.2, 0) is 0 Å². The molecule has 29 heavy (non-hydrogen) atoms. The first kappa shape index (κ1) is 19.9. The lowest BCUT2D eigenvalue weighted by Gasteiger charge is -2.15. The molecule has 0 aliphatic carbocycles. The highest BCUT2D eigenvalue weighted by Gasteiger charge is 2.32. The molecule has 1 aromatic heterocycles. The normalized spacial score (nSPS) is 11.3. The largest absolute Gasteiger partial charge is 0.573 e. The van der Waals surface area contributed by atoms with Crippen LogP contribution in [0.4, 0.5) is 17.6 Å². The predicted molar refractivity (Wildman–Crippen MR) is 92.7 cm³/mol. The average molecular weight is 408 g/mol. The van der Waals surface area contributed by atoms with E-state index in [1.807, 2.05) is 0 Å². The fourth-order valence-corrected chi connectivity index (χ4v) is 2.63. The van der Waals surface area contributed by atoms with Gasteiger partial charge in [0.25, 0.3) is 11.8 Å². The van der Waals surface area contributed by atoms with Gasteiger partial charge in [0.15, 0.2) is 5.69 Å². The molecule has 0 aliphatic heterocycles. The molecule has 0 fully saturated rings. The lowest BCUT2D eigenvalue weighted by atomic mass is 10.0. The monoisotopic (exact) mass is 408 g/mol. The van der Waals surface area contributed by atoms with E-state index in [2.05, 4.69) is 9.84 Å². The number of carbonyl (C=O) groups excluding carboxylic acids is 2. The van der Waals surface area contributed by atoms with Gasteiger partial charge in [0, 0.05) is 17.2 Å². The van der Waals surface area contributed by atoms with Gasteiger partial charge in [-0.1, -0.05) is 18.2 Å². The number of amides is 2. The number of para-hydroxylation sites is 1. The van der Waals surface area contributed by atoms with Crippen LogP contribution in [0.1, 0.15) is 21.0 Å². The zero-order valence-electron chi connectivity index (χ0n) is 14.4. The quantitative estimate of drug-likeness (QED) is 0.632. The van der Waals surface area contributed by atoms with Crippen molar-refractivity contribution in [3.63, 3.8) is 0 Å². The van der Waals surface area contributed by atoms with Crippen LogP contribution in [0.3, 0.4) is 0 Å². The summed E-state index contributed by atoms with van der Waals surface area (Å²) >= 11 is 0. The van der Waals surface area contributed by atoms with E-state index in [4.69, 9.17) is 11.5 Å². The van der Waals surface area contributed by atoms with Crippen LogP contribution in [0.2, 0.25) is 0 Å². The number of aromatic nitrogens is 2. The molecule has 0 unspecified atom stereocenters. The fourth-order valence-electron chi connectivity index (χ4n) is 2.63. The highest BCUT2D eigenvalue weighted by molar-refractivity contribution is 5.97. The van der Waals surface area contributed by atoms with E-state index < -0.39 is 29.7 Å². The molecule has 4 N–H and O–H groups in total. The van der Waals surface area contributed by atoms with Crippen LogP contribution >= 0.6 is 0 Å². The van der Waals surface area contributed by atoms with E-state index in [1.54, 1.807) is 0 Å². The van der Waals surface area contributed by atoms with Gasteiger partial charge in [-0.2, -0.15) is 5.10 Å². The number of benzene rings is 2. The molecule has 0 bridgehead atoms. The number of nitrogens with two attached hydrogens (primary N) is 2. The number of ether oxygens (including phenoxy) is 1. The molecule has 7 nitrogen and oxygen atoms in total. The standard InChI is InChI=1S/C18H12F4N4O3/c19-12-6-5-9(26-14(17(24)28)8-13(25-26)16(23)27)7-11(12)10-3-1-2-4-15(10)29-18(20,21)22/h1-8H,(H2,23,27)(H2,24,28). The van der Waals surface area contributed by atoms with Crippen LogP contribution in [0.25, 0.3) is 16.8 Å². The number of halogens is 4. The Morgan fingerprint density at radius 1 is 0.966 bits per heavy atom. The number of rotatable bonds is 5. The summed E-state index contributed by atoms with van der Waals surface area (Å²) in [5.41, 5.74) is 9.53. The molecule has 0 spiro atoms. The minimum atomic E-state index is -4.98. The zero-order valence-corrected chi connectivity index (χ0v) is 14.4. The van der Waals surface area contributed by atoms with E-state index in [1.165, 1.54) is 24.3 Å². The molecule has 0 atom stereocenters. The van der Waals surface area contributed by atoms with E-state index in [9.17, 15) is 27.2 Å². The number of primary amides is 2. The van der Waals surface area contributed by atoms with Crippen LogP contribution in [0.15, 0.2) is 48.5 Å². The van der Waals surface area contributed by atoms with Gasteiger partial charge in [0.2, 0.25) is 0 Å². The van der Waals surface area contributed by atoms with Crippen LogP contribution in [0, 0.1) is 5.82 Å². The number of hydrogen-bond donors (Lipinski definition) is 2. The summed E-state index contributed by atoms with van der Waals surface area (Å²) in [7, 11) is 0. The van der Waals surface area contributed by atoms with E-state index in [0.29, 0.717) is 0 Å². The van der Waals surface area contributed by atoms with Crippen molar-refractivity contribution in [1.82, 2.24) is 9.78 Å². The van der Waals surface area contributed by atoms with Gasteiger partial charge < -0.3 is 16.2 Å². The molecule has 0 saturated carbocycles. The fraction of sp³-hybridized carbons (Fsp3) is 0.0556. The Morgan fingerprint density at radius 3 is 2.28 bits per heavy atom. The SMILES string of the molecule is NC(=O)c1cc(C(N)=O)n(-c2ccc(F)c(-c3ccccc3OC(F)(F)F)c2)n1. The summed E-state index contributed by atoms with van der Waals surface area (Å²) < 4.78 is 57.4. The first-order valence-electron chi connectivity index (χ1n) is 7.91. The second-order valence-corrected chi connectivity index (χ2v) is 5.76. The van der Waals surface area contributed by atoms with Gasteiger partial charge in [-0.15, -0.1) is 13.2 Å². The van der Waals surface area contributed by atoms with Crippen LogP contribution < -0.4 is 16.2 Å². The van der Waals surface area contributed by atoms with Gasteiger partial charge in [0.1, 0.15) is 17.3 Å². The molecule has 2 amide bonds. The van der Waals surface area contributed by atoms with Crippen molar-refractivity contribution >= 4 is 11.8 Å². The minimum Gasteiger partial charge on any atom is -0.405 e. The molecule has 0 saturated heterocycles. The Morgan fingerprint density at radius 2 is 1.66 bits per heavy atom. The number of hydrogen-bond acceptors (Lipinski definition) is 4. The van der Waals surface area contributed by atoms with E-state index in [0.717, 1.165) is 28.9 Å². The molecule has 150 valence electrons. The van der Waals surface area contributed by atoms with Gasteiger partial charge in [0.05, 0.1) is 5.69 Å². The maximum Gasteiger partial charge on any atom is 0.573 e. The molecule has 3 aromatic rings. The molecule has 2 aromatic carbocycles. The third-order valence-electron chi connectivity index (χ3n) is 3.81. The van der Waals surface area contributed by atoms with Crippen molar-refractivity contribution < 1.29 is 31.9 Å². The molecular formula is C18H12F4N4O3. The highest BCUT2D eigenvalue weighted by atomic mass is 19.4. The number of carbonyl (C=O) groups is 2. The maximum atomic E-state index is 14.4. The lowest BCUT2D eigenvalue weighted by Crippen LogP contribution is -2.18. The van der Waals surface area contributed by atoms with Crippen LogP contribution in [0.5, 0.6) is 5.75 Å². The van der Waals surface area contributed by atoms with E-state index in [-0.39, 0.29) is 28.2 Å². The summed E-state index contributed by atoms with van der Waals surface area (Å²) in [5.74, 6) is -3.35. The van der Waals surface area contributed by atoms with Crippen molar-refractivity contribution in [3.05, 3.63) is 65.7 Å².